The molecule has 0 spiro atoms. The molecular formula is C25H22N8O3. The molecule has 0 fully saturated rings. The van der Waals surface area contributed by atoms with Crippen LogP contribution in [0.25, 0.3) is 11.4 Å². The Morgan fingerprint density at radius 2 is 1.89 bits per heavy atom. The molecule has 11 heteroatoms. The molecule has 3 N–H and O–H groups in total. The minimum absolute atomic E-state index is 0.135. The van der Waals surface area contributed by atoms with Crippen molar-refractivity contribution in [3.05, 3.63) is 82.4 Å². The third-order valence-corrected chi connectivity index (χ3v) is 6.47. The summed E-state index contributed by atoms with van der Waals surface area (Å²) < 4.78 is 5.52. The molecule has 2 amide bonds. The van der Waals surface area contributed by atoms with E-state index >= 15 is 0 Å². The van der Waals surface area contributed by atoms with Gasteiger partial charge < -0.3 is 15.4 Å². The van der Waals surface area contributed by atoms with E-state index in [1.807, 2.05) is 36.4 Å². The van der Waals surface area contributed by atoms with E-state index in [1.54, 1.807) is 0 Å². The zero-order chi connectivity index (χ0) is 24.5. The average Bonchev–Trinajstić information content (AvgIpc) is 3.68. The summed E-state index contributed by atoms with van der Waals surface area (Å²) in [6.45, 7) is 1.03. The smallest absolute Gasteiger partial charge is 0.270 e. The van der Waals surface area contributed by atoms with Crippen LogP contribution in [0.5, 0.6) is 5.75 Å². The lowest BCUT2D eigenvalue weighted by Crippen LogP contribution is -2.29. The zero-order valence-corrected chi connectivity index (χ0v) is 19.2. The van der Waals surface area contributed by atoms with E-state index in [2.05, 4.69) is 41.2 Å². The summed E-state index contributed by atoms with van der Waals surface area (Å²) in [5.41, 5.74) is 5.43. The number of nitrogens with zero attached hydrogens (tertiary/aromatic N) is 5. The topological polar surface area (TPSA) is 148 Å². The highest BCUT2D eigenvalue weighted by Gasteiger charge is 2.26. The zero-order valence-electron chi connectivity index (χ0n) is 19.2. The number of carbonyl (C=O) groups excluding carboxylic acids is 2. The molecule has 4 aromatic rings. The standard InChI is InChI=1S/C25H22N8O3/c34-24(26-12-14-1-6-22-16(9-14)7-8-36-22)20-11-21(28-13-27-20)25(35)29-19-5-3-15-10-17(2-4-18(15)19)23-30-32-33-31-23/h1-2,4,6,9-11,13,19H,3,5,7-8,12H2,(H,26,34)(H,29,35)(H,30,31,32,33)/t19-/m0/s1. The van der Waals surface area contributed by atoms with Gasteiger partial charge in [-0.2, -0.15) is 5.21 Å². The van der Waals surface area contributed by atoms with Gasteiger partial charge in [-0.15, -0.1) is 10.2 Å². The molecular weight excluding hydrogens is 460 g/mol. The van der Waals surface area contributed by atoms with Crippen LogP contribution in [0.15, 0.2) is 48.8 Å². The van der Waals surface area contributed by atoms with E-state index in [1.165, 1.54) is 12.4 Å². The summed E-state index contributed by atoms with van der Waals surface area (Å²) in [6, 6.07) is 13.1. The number of fused-ring (bicyclic) bond motifs is 2. The van der Waals surface area contributed by atoms with Gasteiger partial charge in [0.2, 0.25) is 5.82 Å². The van der Waals surface area contributed by atoms with Crippen LogP contribution in [0.1, 0.15) is 55.7 Å². The van der Waals surface area contributed by atoms with Gasteiger partial charge in [-0.25, -0.2) is 9.97 Å². The molecule has 11 nitrogen and oxygen atoms in total. The number of aryl methyl sites for hydroxylation is 1. The van der Waals surface area contributed by atoms with Crippen LogP contribution < -0.4 is 15.4 Å². The molecule has 2 aromatic carbocycles. The van der Waals surface area contributed by atoms with Crippen LogP contribution in [0.2, 0.25) is 0 Å². The van der Waals surface area contributed by atoms with Gasteiger partial charge in [0.05, 0.1) is 12.6 Å². The van der Waals surface area contributed by atoms with E-state index in [0.29, 0.717) is 19.0 Å². The number of tetrazole rings is 1. The highest BCUT2D eigenvalue weighted by atomic mass is 16.5. The summed E-state index contributed by atoms with van der Waals surface area (Å²) in [4.78, 5) is 33.8. The quantitative estimate of drug-likeness (QED) is 0.378. The Kier molecular flexibility index (Phi) is 5.56. The fourth-order valence-corrected chi connectivity index (χ4v) is 4.65. The number of rotatable bonds is 6. The summed E-state index contributed by atoms with van der Waals surface area (Å²) in [6.07, 6.45) is 3.68. The molecule has 0 bridgehead atoms. The average molecular weight is 483 g/mol. The lowest BCUT2D eigenvalue weighted by molar-refractivity contribution is 0.0931. The van der Waals surface area contributed by atoms with E-state index in [9.17, 15) is 9.59 Å². The van der Waals surface area contributed by atoms with Crippen LogP contribution in [0.4, 0.5) is 0 Å². The first-order valence-electron chi connectivity index (χ1n) is 11.7. The van der Waals surface area contributed by atoms with Crippen molar-refractivity contribution in [2.45, 2.75) is 31.8 Å². The van der Waals surface area contributed by atoms with Crippen molar-refractivity contribution in [1.82, 2.24) is 41.2 Å². The van der Waals surface area contributed by atoms with Crippen LogP contribution in [-0.2, 0) is 19.4 Å². The van der Waals surface area contributed by atoms with Crippen molar-refractivity contribution >= 4 is 11.8 Å². The molecule has 0 saturated carbocycles. The fourth-order valence-electron chi connectivity index (χ4n) is 4.65. The Morgan fingerprint density at radius 1 is 1.00 bits per heavy atom. The first kappa shape index (κ1) is 21.8. The third kappa shape index (κ3) is 4.26. The number of nitrogens with one attached hydrogen (secondary N) is 3. The number of carbonyl (C=O) groups is 2. The molecule has 1 aliphatic carbocycles. The Hall–Kier alpha value is -4.67. The van der Waals surface area contributed by atoms with Crippen LogP contribution in [0.3, 0.4) is 0 Å². The second kappa shape index (κ2) is 9.17. The largest absolute Gasteiger partial charge is 0.493 e. The summed E-state index contributed by atoms with van der Waals surface area (Å²) in [5.74, 6) is 0.699. The van der Waals surface area contributed by atoms with Gasteiger partial charge in [-0.1, -0.05) is 24.3 Å². The highest BCUT2D eigenvalue weighted by molar-refractivity contribution is 5.97. The molecule has 0 radical (unpaired) electrons. The van der Waals surface area contributed by atoms with Gasteiger partial charge in [-0.05, 0) is 52.4 Å². The lowest BCUT2D eigenvalue weighted by atomic mass is 10.0. The molecule has 1 atom stereocenters. The predicted octanol–water partition coefficient (Wildman–Crippen LogP) is 1.94. The maximum Gasteiger partial charge on any atom is 0.270 e. The number of benzene rings is 2. The molecule has 36 heavy (non-hydrogen) atoms. The van der Waals surface area contributed by atoms with Crippen LogP contribution in [0, 0.1) is 0 Å². The molecule has 2 aromatic heterocycles. The van der Waals surface area contributed by atoms with Gasteiger partial charge in [0, 0.05) is 24.6 Å². The van der Waals surface area contributed by atoms with E-state index in [-0.39, 0.29) is 29.2 Å². The van der Waals surface area contributed by atoms with Gasteiger partial charge in [-0.3, -0.25) is 9.59 Å². The lowest BCUT2D eigenvalue weighted by Gasteiger charge is -2.14. The second-order valence-electron chi connectivity index (χ2n) is 8.73. The molecule has 1 aliphatic heterocycles. The van der Waals surface area contributed by atoms with Gasteiger partial charge in [0.15, 0.2) is 0 Å². The summed E-state index contributed by atoms with van der Waals surface area (Å²) in [5, 5.41) is 20.0. The van der Waals surface area contributed by atoms with Crippen molar-refractivity contribution in [3.8, 4) is 17.1 Å². The number of amides is 2. The second-order valence-corrected chi connectivity index (χ2v) is 8.73. The van der Waals surface area contributed by atoms with Crippen molar-refractivity contribution in [2.75, 3.05) is 6.61 Å². The number of hydrogen-bond donors (Lipinski definition) is 3. The number of hydrogen-bond acceptors (Lipinski definition) is 8. The molecule has 2 aliphatic rings. The monoisotopic (exact) mass is 482 g/mol. The molecule has 3 heterocycles. The van der Waals surface area contributed by atoms with Crippen LogP contribution in [-0.4, -0.2) is 49.0 Å². The Balaban J connectivity index is 1.10. The highest BCUT2D eigenvalue weighted by Crippen LogP contribution is 2.33. The van der Waals surface area contributed by atoms with E-state index in [4.69, 9.17) is 4.74 Å². The predicted molar refractivity (Wildman–Crippen MR) is 127 cm³/mol. The summed E-state index contributed by atoms with van der Waals surface area (Å²) >= 11 is 0. The van der Waals surface area contributed by atoms with Crippen molar-refractivity contribution in [1.29, 1.82) is 0 Å². The molecule has 6 rings (SSSR count). The summed E-state index contributed by atoms with van der Waals surface area (Å²) in [7, 11) is 0. The minimum atomic E-state index is -0.372. The van der Waals surface area contributed by atoms with Gasteiger partial charge in [0.25, 0.3) is 11.8 Å². The number of ether oxygens (including phenoxy) is 1. The number of aromatic amines is 1. The van der Waals surface area contributed by atoms with Crippen LogP contribution >= 0.6 is 0 Å². The fraction of sp³-hybridized carbons (Fsp3) is 0.240. The van der Waals surface area contributed by atoms with Crippen molar-refractivity contribution in [2.24, 2.45) is 0 Å². The Labute approximate surface area is 205 Å². The van der Waals surface area contributed by atoms with E-state index < -0.39 is 0 Å². The SMILES string of the molecule is O=C(NCc1ccc2c(c1)CCO2)c1cc(C(=O)N[C@H]2CCc3cc(-c4nn[nH]n4)ccc32)ncn1. The molecule has 180 valence electrons. The number of H-pyrrole nitrogens is 1. The van der Waals surface area contributed by atoms with Gasteiger partial charge in [0.1, 0.15) is 23.5 Å². The number of aromatic nitrogens is 6. The van der Waals surface area contributed by atoms with Crippen molar-refractivity contribution < 1.29 is 14.3 Å². The Morgan fingerprint density at radius 3 is 2.75 bits per heavy atom. The molecule has 0 unspecified atom stereocenters. The van der Waals surface area contributed by atoms with Crippen molar-refractivity contribution in [3.63, 3.8) is 0 Å². The first-order valence-corrected chi connectivity index (χ1v) is 11.7. The van der Waals surface area contributed by atoms with Gasteiger partial charge >= 0.3 is 0 Å². The molecule has 0 saturated heterocycles. The minimum Gasteiger partial charge on any atom is -0.493 e. The first-order chi connectivity index (χ1) is 17.6. The normalized spacial score (nSPS) is 15.6. The van der Waals surface area contributed by atoms with E-state index in [0.717, 1.165) is 52.8 Å². The maximum absolute atomic E-state index is 12.9. The maximum atomic E-state index is 12.9. The Bertz CT molecular complexity index is 1450. The third-order valence-electron chi connectivity index (χ3n) is 6.47.